The molecule has 0 bridgehead atoms. The van der Waals surface area contributed by atoms with Gasteiger partial charge in [0, 0.05) is 22.2 Å². The highest BCUT2D eigenvalue weighted by Crippen LogP contribution is 2.50. The Labute approximate surface area is 357 Å². The predicted octanol–water partition coefficient (Wildman–Crippen LogP) is 16.7. The lowest BCUT2D eigenvalue weighted by molar-refractivity contribution is 0.833. The molecule has 1 aliphatic carbocycles. The van der Waals surface area contributed by atoms with E-state index < -0.39 is 0 Å². The average Bonchev–Trinajstić information content (AvgIpc) is 3.50. The predicted molar refractivity (Wildman–Crippen MR) is 261 cm³/mol. The molecule has 288 valence electrons. The number of fused-ring (bicyclic) bond motifs is 5. The van der Waals surface area contributed by atoms with E-state index in [9.17, 15) is 0 Å². The van der Waals surface area contributed by atoms with Gasteiger partial charge in [-0.15, -0.1) is 0 Å². The summed E-state index contributed by atoms with van der Waals surface area (Å²) in [4.78, 5) is 2.60. The summed E-state index contributed by atoms with van der Waals surface area (Å²) in [6.45, 7) is 0. The van der Waals surface area contributed by atoms with Crippen molar-refractivity contribution in [2.45, 2.75) is 25.7 Å². The first-order chi connectivity index (χ1) is 30.3. The smallest absolute Gasteiger partial charge is 0.0618 e. The summed E-state index contributed by atoms with van der Waals surface area (Å²) in [6.07, 6.45) is 9.14. The quantitative estimate of drug-likeness (QED) is 0.157. The molecule has 0 amide bonds. The first-order valence-electron chi connectivity index (χ1n) is 21.7. The molecule has 0 spiro atoms. The standard InChI is InChI=1S/C60H43N/c1-3-17-40(18-4-1)46-37-38-51-54(39-46)59(43-21-5-2-6-22-43)48-24-10-9-23-47(48)57(51)44-33-35-45(36-34-44)58-49-25-11-13-27-52(49)60(53-28-14-12-26-50(53)58)61-55-29-15-7-19-41(55)31-32-42-20-8-16-30-56(42)61/h1-7,9-19,21-30,33-39H,8,20,31-32H2. The average molecular weight is 778 g/mol. The summed E-state index contributed by atoms with van der Waals surface area (Å²) >= 11 is 0. The van der Waals surface area contributed by atoms with Crippen LogP contribution in [-0.2, 0) is 6.42 Å². The van der Waals surface area contributed by atoms with Gasteiger partial charge in [0.2, 0.25) is 0 Å². The van der Waals surface area contributed by atoms with Gasteiger partial charge in [-0.3, -0.25) is 0 Å². The van der Waals surface area contributed by atoms with Crippen LogP contribution in [0, 0.1) is 0 Å². The minimum absolute atomic E-state index is 1.06. The second-order valence-electron chi connectivity index (χ2n) is 16.6. The van der Waals surface area contributed by atoms with E-state index in [1.54, 1.807) is 5.57 Å². The van der Waals surface area contributed by atoms with Gasteiger partial charge in [0.05, 0.1) is 5.69 Å². The van der Waals surface area contributed by atoms with Crippen molar-refractivity contribution in [3.8, 4) is 44.5 Å². The van der Waals surface area contributed by atoms with Crippen LogP contribution < -0.4 is 4.90 Å². The number of rotatable bonds is 5. The van der Waals surface area contributed by atoms with Crippen molar-refractivity contribution in [1.29, 1.82) is 0 Å². The molecular weight excluding hydrogens is 735 g/mol. The zero-order valence-corrected chi connectivity index (χ0v) is 34.0. The number of anilines is 2. The van der Waals surface area contributed by atoms with Gasteiger partial charge in [0.1, 0.15) is 0 Å². The zero-order valence-electron chi connectivity index (χ0n) is 34.0. The Morgan fingerprint density at radius 1 is 0.328 bits per heavy atom. The van der Waals surface area contributed by atoms with Gasteiger partial charge in [-0.05, 0) is 132 Å². The lowest BCUT2D eigenvalue weighted by Crippen LogP contribution is -2.19. The molecule has 0 unspecified atom stereocenters. The lowest BCUT2D eigenvalue weighted by Gasteiger charge is -2.32. The largest absolute Gasteiger partial charge is 0.309 e. The minimum atomic E-state index is 1.06. The molecule has 0 aromatic heterocycles. The Morgan fingerprint density at radius 3 is 1.41 bits per heavy atom. The summed E-state index contributed by atoms with van der Waals surface area (Å²) in [5.74, 6) is 0. The van der Waals surface area contributed by atoms with Gasteiger partial charge in [-0.1, -0.05) is 194 Å². The van der Waals surface area contributed by atoms with Gasteiger partial charge in [0.15, 0.2) is 0 Å². The van der Waals surface area contributed by atoms with Gasteiger partial charge in [0.25, 0.3) is 0 Å². The van der Waals surface area contributed by atoms with Crippen molar-refractivity contribution in [3.63, 3.8) is 0 Å². The fourth-order valence-corrected chi connectivity index (χ4v) is 10.5. The van der Waals surface area contributed by atoms with Crippen LogP contribution in [0.3, 0.4) is 0 Å². The molecule has 1 aliphatic heterocycles. The normalized spacial score (nSPS) is 13.8. The molecule has 0 N–H and O–H groups in total. The maximum absolute atomic E-state index is 2.60. The van der Waals surface area contributed by atoms with Gasteiger partial charge >= 0.3 is 0 Å². The topological polar surface area (TPSA) is 3.24 Å². The Hall–Kier alpha value is -7.48. The second kappa shape index (κ2) is 14.7. The summed E-state index contributed by atoms with van der Waals surface area (Å²) in [5.41, 5.74) is 16.8. The summed E-state index contributed by atoms with van der Waals surface area (Å²) in [5, 5.41) is 10.1. The minimum Gasteiger partial charge on any atom is -0.309 e. The van der Waals surface area contributed by atoms with E-state index in [4.69, 9.17) is 0 Å². The van der Waals surface area contributed by atoms with Gasteiger partial charge in [-0.2, -0.15) is 0 Å². The van der Waals surface area contributed by atoms with Gasteiger partial charge in [-0.25, -0.2) is 0 Å². The molecule has 0 radical (unpaired) electrons. The van der Waals surface area contributed by atoms with Crippen LogP contribution in [0.25, 0.3) is 87.6 Å². The molecule has 1 heterocycles. The molecule has 0 saturated heterocycles. The molecule has 1 nitrogen and oxygen atoms in total. The number of nitrogens with zero attached hydrogens (tertiary/aromatic N) is 1. The molecule has 0 fully saturated rings. The van der Waals surface area contributed by atoms with Crippen LogP contribution in [0.2, 0.25) is 0 Å². The third kappa shape index (κ3) is 5.84. The molecule has 61 heavy (non-hydrogen) atoms. The molecular formula is C60H43N. The molecule has 0 atom stereocenters. The van der Waals surface area contributed by atoms with E-state index in [0.717, 1.165) is 25.7 Å². The third-order valence-electron chi connectivity index (χ3n) is 13.2. The molecule has 0 saturated carbocycles. The zero-order chi connectivity index (χ0) is 40.3. The van der Waals surface area contributed by atoms with Crippen molar-refractivity contribution >= 4 is 54.5 Å². The SMILES string of the molecule is C1=CC2=C(CC1)CCc1ccccc1N2c1c2ccccc2c(-c2ccc(-c3c4ccccc4c(-c4ccccc4)c4cc(-c5ccccc5)ccc34)cc2)c2ccccc12. The fourth-order valence-electron chi connectivity index (χ4n) is 10.5. The van der Waals surface area contributed by atoms with Crippen LogP contribution in [-0.4, -0.2) is 0 Å². The first-order valence-corrected chi connectivity index (χ1v) is 21.7. The van der Waals surface area contributed by atoms with E-state index in [0.29, 0.717) is 0 Å². The lowest BCUT2D eigenvalue weighted by atomic mass is 9.84. The number of aryl methyl sites for hydroxylation is 1. The van der Waals surface area contributed by atoms with E-state index >= 15 is 0 Å². The Balaban J connectivity index is 1.08. The van der Waals surface area contributed by atoms with E-state index in [1.165, 1.54) is 110 Å². The number of benzene rings is 10. The van der Waals surface area contributed by atoms with Crippen molar-refractivity contribution in [1.82, 2.24) is 0 Å². The van der Waals surface area contributed by atoms with Gasteiger partial charge < -0.3 is 4.90 Å². The summed E-state index contributed by atoms with van der Waals surface area (Å²) in [6, 6.07) is 74.3. The van der Waals surface area contributed by atoms with Crippen molar-refractivity contribution in [3.05, 3.63) is 229 Å². The van der Waals surface area contributed by atoms with Crippen molar-refractivity contribution in [2.75, 3.05) is 4.90 Å². The number of allylic oxidation sites excluding steroid dienone is 3. The van der Waals surface area contributed by atoms with Crippen molar-refractivity contribution in [2.24, 2.45) is 0 Å². The van der Waals surface area contributed by atoms with Crippen LogP contribution in [0.1, 0.15) is 24.8 Å². The van der Waals surface area contributed by atoms with Crippen LogP contribution in [0.4, 0.5) is 11.4 Å². The van der Waals surface area contributed by atoms with Crippen LogP contribution in [0.5, 0.6) is 0 Å². The highest BCUT2D eigenvalue weighted by molar-refractivity contribution is 6.24. The molecule has 2 aliphatic rings. The van der Waals surface area contributed by atoms with Crippen LogP contribution >= 0.6 is 0 Å². The second-order valence-corrected chi connectivity index (χ2v) is 16.6. The Morgan fingerprint density at radius 2 is 0.787 bits per heavy atom. The summed E-state index contributed by atoms with van der Waals surface area (Å²) in [7, 11) is 0. The highest BCUT2D eigenvalue weighted by atomic mass is 15.2. The Kier molecular flexibility index (Phi) is 8.52. The third-order valence-corrected chi connectivity index (χ3v) is 13.2. The van der Waals surface area contributed by atoms with Crippen molar-refractivity contribution < 1.29 is 0 Å². The van der Waals surface area contributed by atoms with Crippen LogP contribution in [0.15, 0.2) is 224 Å². The fraction of sp³-hybridized carbons (Fsp3) is 0.0667. The first kappa shape index (κ1) is 35.5. The summed E-state index contributed by atoms with van der Waals surface area (Å²) < 4.78 is 0. The molecule has 10 aromatic rings. The highest BCUT2D eigenvalue weighted by Gasteiger charge is 2.28. The molecule has 12 rings (SSSR count). The van der Waals surface area contributed by atoms with E-state index in [2.05, 4.69) is 217 Å². The molecule has 10 aromatic carbocycles. The maximum Gasteiger partial charge on any atom is 0.0618 e. The Bertz CT molecular complexity index is 3330. The maximum atomic E-state index is 2.60. The number of hydrogen-bond acceptors (Lipinski definition) is 1. The molecule has 1 heteroatoms. The van der Waals surface area contributed by atoms with E-state index in [-0.39, 0.29) is 0 Å². The number of para-hydroxylation sites is 1. The van der Waals surface area contributed by atoms with E-state index in [1.807, 2.05) is 0 Å². The number of hydrogen-bond donors (Lipinski definition) is 0. The monoisotopic (exact) mass is 777 g/mol.